The van der Waals surface area contributed by atoms with Crippen LogP contribution in [0.5, 0.6) is 0 Å². The number of hydrogen-bond acceptors (Lipinski definition) is 2. The first-order valence-corrected chi connectivity index (χ1v) is 5.83. The van der Waals surface area contributed by atoms with Gasteiger partial charge in [0.15, 0.2) is 0 Å². The van der Waals surface area contributed by atoms with E-state index < -0.39 is 18.7 Å². The summed E-state index contributed by atoms with van der Waals surface area (Å²) >= 11 is 0. The molecule has 0 aliphatic carbocycles. The molecule has 0 saturated heterocycles. The van der Waals surface area contributed by atoms with Crippen molar-refractivity contribution in [3.05, 3.63) is 0 Å². The van der Waals surface area contributed by atoms with E-state index in [-0.39, 0.29) is 25.2 Å². The first kappa shape index (κ1) is 16.2. The number of alkyl halides is 3. The fraction of sp³-hybridized carbons (Fsp3) is 0.909. The van der Waals surface area contributed by atoms with E-state index in [1.165, 1.54) is 0 Å². The van der Waals surface area contributed by atoms with Gasteiger partial charge in [-0.15, -0.1) is 0 Å². The van der Waals surface area contributed by atoms with Gasteiger partial charge in [0.2, 0.25) is 5.91 Å². The van der Waals surface area contributed by atoms with Gasteiger partial charge in [0.1, 0.15) is 0 Å². The third kappa shape index (κ3) is 13.2. The van der Waals surface area contributed by atoms with Crippen LogP contribution in [-0.2, 0) is 4.79 Å². The molecule has 3 nitrogen and oxygen atoms in total. The molecule has 0 radical (unpaired) electrons. The van der Waals surface area contributed by atoms with Crippen LogP contribution in [0.2, 0.25) is 0 Å². The van der Waals surface area contributed by atoms with E-state index in [1.54, 1.807) is 6.92 Å². The minimum atomic E-state index is -4.13. The Morgan fingerprint density at radius 3 is 2.47 bits per heavy atom. The van der Waals surface area contributed by atoms with Gasteiger partial charge in [-0.05, 0) is 32.6 Å². The quantitative estimate of drug-likeness (QED) is 0.654. The predicted molar refractivity (Wildman–Crippen MR) is 58.4 cm³/mol. The van der Waals surface area contributed by atoms with Crippen LogP contribution in [0, 0.1) is 0 Å². The molecule has 1 amide bonds. The third-order valence-electron chi connectivity index (χ3n) is 2.23. The number of nitrogens with one attached hydrogen (secondary N) is 1. The van der Waals surface area contributed by atoms with Gasteiger partial charge in [0, 0.05) is 19.4 Å². The molecule has 2 N–H and O–H groups in total. The Balaban J connectivity index is 3.35. The SMILES string of the molecule is CC(O)CCCNC(=O)CCCCC(F)(F)F. The number of hydrogen-bond donors (Lipinski definition) is 2. The van der Waals surface area contributed by atoms with Crippen molar-refractivity contribution in [1.82, 2.24) is 5.32 Å². The Kier molecular flexibility index (Phi) is 7.95. The number of aliphatic hydroxyl groups excluding tert-OH is 1. The number of carbonyl (C=O) groups excluding carboxylic acids is 1. The predicted octanol–water partition coefficient (Wildman–Crippen LogP) is 2.39. The first-order valence-electron chi connectivity index (χ1n) is 5.83. The topological polar surface area (TPSA) is 49.3 Å². The highest BCUT2D eigenvalue weighted by molar-refractivity contribution is 5.75. The maximum absolute atomic E-state index is 11.8. The van der Waals surface area contributed by atoms with Crippen LogP contribution < -0.4 is 5.32 Å². The number of carbonyl (C=O) groups is 1. The minimum Gasteiger partial charge on any atom is -0.393 e. The highest BCUT2D eigenvalue weighted by atomic mass is 19.4. The van der Waals surface area contributed by atoms with Crippen LogP contribution in [-0.4, -0.2) is 29.8 Å². The molecule has 1 atom stereocenters. The van der Waals surface area contributed by atoms with Crippen LogP contribution in [0.3, 0.4) is 0 Å². The van der Waals surface area contributed by atoms with Gasteiger partial charge in [-0.1, -0.05) is 0 Å². The Labute approximate surface area is 99.4 Å². The summed E-state index contributed by atoms with van der Waals surface area (Å²) in [5.41, 5.74) is 0. The molecule has 0 spiro atoms. The van der Waals surface area contributed by atoms with E-state index in [1.807, 2.05) is 0 Å². The lowest BCUT2D eigenvalue weighted by Gasteiger charge is -2.07. The molecule has 0 rings (SSSR count). The largest absolute Gasteiger partial charge is 0.393 e. The molecular weight excluding hydrogens is 235 g/mol. The zero-order chi connectivity index (χ0) is 13.3. The fourth-order valence-electron chi connectivity index (χ4n) is 1.32. The second-order valence-corrected chi connectivity index (χ2v) is 4.16. The van der Waals surface area contributed by atoms with Crippen LogP contribution in [0.15, 0.2) is 0 Å². The smallest absolute Gasteiger partial charge is 0.389 e. The number of unbranched alkanes of at least 4 members (excludes halogenated alkanes) is 1. The Morgan fingerprint density at radius 2 is 1.94 bits per heavy atom. The molecule has 17 heavy (non-hydrogen) atoms. The maximum Gasteiger partial charge on any atom is 0.389 e. The van der Waals surface area contributed by atoms with Crippen LogP contribution in [0.1, 0.15) is 45.4 Å². The van der Waals surface area contributed by atoms with Crippen molar-refractivity contribution in [3.8, 4) is 0 Å². The normalized spacial score (nSPS) is 13.5. The van der Waals surface area contributed by atoms with Crippen LogP contribution >= 0.6 is 0 Å². The molecule has 0 aromatic heterocycles. The molecule has 0 bridgehead atoms. The van der Waals surface area contributed by atoms with Crippen molar-refractivity contribution in [2.24, 2.45) is 0 Å². The second-order valence-electron chi connectivity index (χ2n) is 4.16. The second kappa shape index (κ2) is 8.33. The first-order chi connectivity index (χ1) is 7.81. The molecule has 0 aliphatic heterocycles. The summed E-state index contributed by atoms with van der Waals surface area (Å²) < 4.78 is 35.3. The van der Waals surface area contributed by atoms with E-state index in [4.69, 9.17) is 5.11 Å². The van der Waals surface area contributed by atoms with Gasteiger partial charge >= 0.3 is 6.18 Å². The Hall–Kier alpha value is -0.780. The van der Waals surface area contributed by atoms with Crippen molar-refractivity contribution in [2.45, 2.75) is 57.7 Å². The average molecular weight is 255 g/mol. The number of rotatable bonds is 8. The summed E-state index contributed by atoms with van der Waals surface area (Å²) in [6.45, 7) is 2.13. The molecule has 6 heteroatoms. The van der Waals surface area contributed by atoms with Gasteiger partial charge in [0.25, 0.3) is 0 Å². The lowest BCUT2D eigenvalue weighted by molar-refractivity contribution is -0.136. The average Bonchev–Trinajstić information content (AvgIpc) is 2.18. The Morgan fingerprint density at radius 1 is 1.29 bits per heavy atom. The van der Waals surface area contributed by atoms with E-state index in [9.17, 15) is 18.0 Å². The molecule has 102 valence electrons. The van der Waals surface area contributed by atoms with Crippen molar-refractivity contribution in [1.29, 1.82) is 0 Å². The van der Waals surface area contributed by atoms with E-state index in [0.29, 0.717) is 19.4 Å². The summed E-state index contributed by atoms with van der Waals surface area (Å²) in [7, 11) is 0. The molecule has 0 aliphatic rings. The van der Waals surface area contributed by atoms with E-state index >= 15 is 0 Å². The zero-order valence-electron chi connectivity index (χ0n) is 10.0. The van der Waals surface area contributed by atoms with E-state index in [0.717, 1.165) is 0 Å². The summed E-state index contributed by atoms with van der Waals surface area (Å²) in [4.78, 5) is 11.2. The molecular formula is C11H20F3NO2. The maximum atomic E-state index is 11.8. The van der Waals surface area contributed by atoms with Crippen molar-refractivity contribution < 1.29 is 23.1 Å². The lowest BCUT2D eigenvalue weighted by atomic mass is 10.2. The highest BCUT2D eigenvalue weighted by Crippen LogP contribution is 2.22. The summed E-state index contributed by atoms with van der Waals surface area (Å²) in [6, 6.07) is 0. The fourth-order valence-corrected chi connectivity index (χ4v) is 1.32. The molecule has 0 aromatic rings. The van der Waals surface area contributed by atoms with Crippen LogP contribution in [0.4, 0.5) is 13.2 Å². The van der Waals surface area contributed by atoms with Crippen molar-refractivity contribution in [2.75, 3.05) is 6.54 Å². The van der Waals surface area contributed by atoms with Gasteiger partial charge < -0.3 is 10.4 Å². The summed E-state index contributed by atoms with van der Waals surface area (Å²) in [5.74, 6) is -0.224. The highest BCUT2D eigenvalue weighted by Gasteiger charge is 2.25. The zero-order valence-corrected chi connectivity index (χ0v) is 10.0. The van der Waals surface area contributed by atoms with Gasteiger partial charge in [-0.3, -0.25) is 4.79 Å². The Bertz CT molecular complexity index is 217. The summed E-state index contributed by atoms with van der Waals surface area (Å²) in [5, 5.41) is 11.6. The van der Waals surface area contributed by atoms with Crippen molar-refractivity contribution in [3.63, 3.8) is 0 Å². The summed E-state index contributed by atoms with van der Waals surface area (Å²) in [6.07, 6.45) is -3.70. The lowest BCUT2D eigenvalue weighted by Crippen LogP contribution is -2.24. The van der Waals surface area contributed by atoms with Crippen molar-refractivity contribution >= 4 is 5.91 Å². The molecule has 0 saturated carbocycles. The molecule has 0 heterocycles. The van der Waals surface area contributed by atoms with Gasteiger partial charge in [0.05, 0.1) is 6.10 Å². The number of halogens is 3. The van der Waals surface area contributed by atoms with Gasteiger partial charge in [-0.25, -0.2) is 0 Å². The monoisotopic (exact) mass is 255 g/mol. The molecule has 0 aromatic carbocycles. The van der Waals surface area contributed by atoms with E-state index in [2.05, 4.69) is 5.32 Å². The molecule has 0 fully saturated rings. The standard InChI is InChI=1S/C11H20F3NO2/c1-9(16)5-4-8-15-10(17)6-2-3-7-11(12,13)14/h9,16H,2-8H2,1H3,(H,15,17). The number of aliphatic hydroxyl groups is 1. The molecule has 1 unspecified atom stereocenters. The number of amides is 1. The minimum absolute atomic E-state index is 0.00933. The van der Waals surface area contributed by atoms with Crippen LogP contribution in [0.25, 0.3) is 0 Å². The van der Waals surface area contributed by atoms with Gasteiger partial charge in [-0.2, -0.15) is 13.2 Å². The third-order valence-corrected chi connectivity index (χ3v) is 2.23.